The van der Waals surface area contributed by atoms with Crippen molar-refractivity contribution in [1.82, 2.24) is 19.2 Å². The summed E-state index contributed by atoms with van der Waals surface area (Å²) in [5.74, 6) is 1.50. The molecule has 1 aliphatic heterocycles. The topological polar surface area (TPSA) is 78.4 Å². The van der Waals surface area contributed by atoms with Crippen LogP contribution >= 0.6 is 0 Å². The number of aryl methyl sites for hydroxylation is 2. The number of sulfonamides is 1. The standard InChI is InChI=1S/C29H33N5O2S/c1-4-23-12-14-25(15-13-23)37(35,36)34-18-16-33(17-19-34)22(3)28-31-27-11-6-5-10-26(27)29(32-28)30-24-9-7-8-21(2)20-24/h5-15,20,22H,4,16-19H2,1-3H3,(H,30,31,32)/t22-/m1/s1. The van der Waals surface area contributed by atoms with Crippen LogP contribution in [0.15, 0.2) is 77.7 Å². The van der Waals surface area contributed by atoms with Crippen LogP contribution in [0.3, 0.4) is 0 Å². The summed E-state index contributed by atoms with van der Waals surface area (Å²) in [6.45, 7) is 8.32. The third-order valence-electron chi connectivity index (χ3n) is 7.07. The molecule has 1 saturated heterocycles. The number of piperazine rings is 1. The summed E-state index contributed by atoms with van der Waals surface area (Å²) >= 11 is 0. The first kappa shape index (κ1) is 25.3. The molecule has 0 amide bonds. The highest BCUT2D eigenvalue weighted by Gasteiger charge is 2.31. The number of para-hydroxylation sites is 1. The van der Waals surface area contributed by atoms with Crippen molar-refractivity contribution in [3.05, 3.63) is 89.7 Å². The third-order valence-corrected chi connectivity index (χ3v) is 8.98. The van der Waals surface area contributed by atoms with Crippen molar-refractivity contribution in [2.45, 2.75) is 38.1 Å². The van der Waals surface area contributed by atoms with Gasteiger partial charge in [0, 0.05) is 37.3 Å². The third kappa shape index (κ3) is 5.37. The van der Waals surface area contributed by atoms with Crippen LogP contribution in [0.4, 0.5) is 11.5 Å². The van der Waals surface area contributed by atoms with Crippen LogP contribution in [-0.4, -0.2) is 53.8 Å². The van der Waals surface area contributed by atoms with Gasteiger partial charge in [0.15, 0.2) is 0 Å². The molecule has 0 saturated carbocycles. The number of hydrogen-bond acceptors (Lipinski definition) is 6. The molecule has 7 nitrogen and oxygen atoms in total. The lowest BCUT2D eigenvalue weighted by Crippen LogP contribution is -2.49. The summed E-state index contributed by atoms with van der Waals surface area (Å²) in [6.07, 6.45) is 0.885. The summed E-state index contributed by atoms with van der Waals surface area (Å²) in [5, 5.41) is 4.44. The van der Waals surface area contributed by atoms with Gasteiger partial charge < -0.3 is 5.32 Å². The molecule has 8 heteroatoms. The van der Waals surface area contributed by atoms with Gasteiger partial charge in [-0.15, -0.1) is 0 Å². The average Bonchev–Trinajstić information content (AvgIpc) is 2.92. The van der Waals surface area contributed by atoms with E-state index < -0.39 is 10.0 Å². The Morgan fingerprint density at radius 1 is 0.919 bits per heavy atom. The highest BCUT2D eigenvalue weighted by molar-refractivity contribution is 7.89. The van der Waals surface area contributed by atoms with E-state index in [0.29, 0.717) is 31.1 Å². The van der Waals surface area contributed by atoms with Crippen LogP contribution in [0.2, 0.25) is 0 Å². The summed E-state index contributed by atoms with van der Waals surface area (Å²) in [5.41, 5.74) is 4.16. The van der Waals surface area contributed by atoms with Crippen LogP contribution in [-0.2, 0) is 16.4 Å². The Morgan fingerprint density at radius 3 is 2.35 bits per heavy atom. The summed E-state index contributed by atoms with van der Waals surface area (Å²) < 4.78 is 28.0. The largest absolute Gasteiger partial charge is 0.340 e. The van der Waals surface area contributed by atoms with Gasteiger partial charge in [-0.3, -0.25) is 4.90 Å². The molecular formula is C29H33N5O2S. The van der Waals surface area contributed by atoms with E-state index in [9.17, 15) is 8.42 Å². The number of anilines is 2. The Bertz CT molecular complexity index is 1500. The first-order chi connectivity index (χ1) is 17.8. The highest BCUT2D eigenvalue weighted by Crippen LogP contribution is 2.28. The molecular weight excluding hydrogens is 482 g/mol. The van der Waals surface area contributed by atoms with Crippen LogP contribution in [0.25, 0.3) is 10.9 Å². The molecule has 3 aromatic carbocycles. The minimum Gasteiger partial charge on any atom is -0.340 e. The van der Waals surface area contributed by atoms with Gasteiger partial charge >= 0.3 is 0 Å². The molecule has 1 aromatic heterocycles. The summed E-state index contributed by atoms with van der Waals surface area (Å²) in [6, 6.07) is 23.4. The lowest BCUT2D eigenvalue weighted by molar-refractivity contribution is 0.141. The molecule has 4 aromatic rings. The molecule has 5 rings (SSSR count). The molecule has 1 atom stereocenters. The maximum atomic E-state index is 13.2. The Morgan fingerprint density at radius 2 is 1.65 bits per heavy atom. The number of rotatable bonds is 7. The lowest BCUT2D eigenvalue weighted by atomic mass is 10.1. The van der Waals surface area contributed by atoms with Crippen molar-refractivity contribution in [2.75, 3.05) is 31.5 Å². The van der Waals surface area contributed by atoms with Gasteiger partial charge in [0.2, 0.25) is 10.0 Å². The second-order valence-electron chi connectivity index (χ2n) is 9.56. The zero-order valence-corrected chi connectivity index (χ0v) is 22.4. The van der Waals surface area contributed by atoms with Crippen molar-refractivity contribution >= 4 is 32.4 Å². The van der Waals surface area contributed by atoms with Crippen LogP contribution < -0.4 is 5.32 Å². The van der Waals surface area contributed by atoms with E-state index >= 15 is 0 Å². The van der Waals surface area contributed by atoms with E-state index in [4.69, 9.17) is 9.97 Å². The average molecular weight is 516 g/mol. The van der Waals surface area contributed by atoms with Crippen LogP contribution in [0, 0.1) is 6.92 Å². The van der Waals surface area contributed by atoms with Crippen LogP contribution in [0.5, 0.6) is 0 Å². The molecule has 0 radical (unpaired) electrons. The van der Waals surface area contributed by atoms with E-state index in [-0.39, 0.29) is 6.04 Å². The highest BCUT2D eigenvalue weighted by atomic mass is 32.2. The minimum absolute atomic E-state index is 0.0589. The van der Waals surface area contributed by atoms with Gasteiger partial charge in [0.1, 0.15) is 11.6 Å². The SMILES string of the molecule is CCc1ccc(S(=O)(=O)N2CCN([C@H](C)c3nc(Nc4cccc(C)c4)c4ccccc4n3)CC2)cc1. The number of benzene rings is 3. The predicted molar refractivity (Wildman–Crippen MR) is 149 cm³/mol. The minimum atomic E-state index is -3.51. The monoisotopic (exact) mass is 515 g/mol. The Balaban J connectivity index is 1.34. The van der Waals surface area contributed by atoms with E-state index in [0.717, 1.165) is 40.2 Å². The molecule has 2 heterocycles. The fourth-order valence-corrected chi connectivity index (χ4v) is 6.20. The second kappa shape index (κ2) is 10.6. The zero-order chi connectivity index (χ0) is 26.0. The molecule has 0 aliphatic carbocycles. The van der Waals surface area contributed by atoms with Gasteiger partial charge in [-0.2, -0.15) is 4.31 Å². The van der Waals surface area contributed by atoms with Crippen molar-refractivity contribution in [1.29, 1.82) is 0 Å². The molecule has 1 N–H and O–H groups in total. The van der Waals surface area contributed by atoms with Crippen molar-refractivity contribution in [2.24, 2.45) is 0 Å². The van der Waals surface area contributed by atoms with Gasteiger partial charge in [0.25, 0.3) is 0 Å². The fraction of sp³-hybridized carbons (Fsp3) is 0.310. The quantitative estimate of drug-likeness (QED) is 0.359. The van der Waals surface area contributed by atoms with Gasteiger partial charge in [-0.05, 0) is 67.8 Å². The summed E-state index contributed by atoms with van der Waals surface area (Å²) in [4.78, 5) is 12.4. The number of nitrogens with zero attached hydrogens (tertiary/aromatic N) is 4. The van der Waals surface area contributed by atoms with Crippen molar-refractivity contribution in [3.8, 4) is 0 Å². The number of aromatic nitrogens is 2. The maximum Gasteiger partial charge on any atom is 0.243 e. The maximum absolute atomic E-state index is 13.2. The van der Waals surface area contributed by atoms with Crippen LogP contribution in [0.1, 0.15) is 36.8 Å². The smallest absolute Gasteiger partial charge is 0.243 e. The zero-order valence-electron chi connectivity index (χ0n) is 21.6. The van der Waals surface area contributed by atoms with E-state index in [1.54, 1.807) is 16.4 Å². The molecule has 37 heavy (non-hydrogen) atoms. The predicted octanol–water partition coefficient (Wildman–Crippen LogP) is 5.31. The number of hydrogen-bond donors (Lipinski definition) is 1. The normalized spacial score (nSPS) is 16.1. The lowest BCUT2D eigenvalue weighted by Gasteiger charge is -2.36. The van der Waals surface area contributed by atoms with E-state index in [1.165, 1.54) is 5.56 Å². The molecule has 192 valence electrons. The first-order valence-electron chi connectivity index (χ1n) is 12.8. The summed E-state index contributed by atoms with van der Waals surface area (Å²) in [7, 11) is -3.51. The van der Waals surface area contributed by atoms with Gasteiger partial charge in [0.05, 0.1) is 16.5 Å². The number of nitrogens with one attached hydrogen (secondary N) is 1. The molecule has 0 bridgehead atoms. The molecule has 1 aliphatic rings. The Labute approximate surface area is 219 Å². The van der Waals surface area contributed by atoms with Crippen molar-refractivity contribution < 1.29 is 8.42 Å². The molecule has 0 unspecified atom stereocenters. The van der Waals surface area contributed by atoms with Gasteiger partial charge in [-0.25, -0.2) is 18.4 Å². The second-order valence-corrected chi connectivity index (χ2v) is 11.5. The number of fused-ring (bicyclic) bond motifs is 1. The fourth-order valence-electron chi connectivity index (χ4n) is 4.78. The molecule has 0 spiro atoms. The van der Waals surface area contributed by atoms with Crippen molar-refractivity contribution in [3.63, 3.8) is 0 Å². The van der Waals surface area contributed by atoms with Gasteiger partial charge in [-0.1, -0.05) is 43.3 Å². The Kier molecular flexibility index (Phi) is 7.24. The van der Waals surface area contributed by atoms with E-state index in [2.05, 4.69) is 43.1 Å². The molecule has 1 fully saturated rings. The first-order valence-corrected chi connectivity index (χ1v) is 14.2. The van der Waals surface area contributed by atoms with E-state index in [1.807, 2.05) is 48.5 Å². The Hall–Kier alpha value is -3.33.